The van der Waals surface area contributed by atoms with E-state index < -0.39 is 11.8 Å². The molecule has 29 heavy (non-hydrogen) atoms. The molecule has 0 aliphatic heterocycles. The van der Waals surface area contributed by atoms with E-state index in [9.17, 15) is 13.6 Å². The minimum Gasteiger partial charge on any atom is -0.459 e. The Morgan fingerprint density at radius 3 is 2.38 bits per heavy atom. The summed E-state index contributed by atoms with van der Waals surface area (Å²) in [6, 6.07) is 7.59. The van der Waals surface area contributed by atoms with Gasteiger partial charge in [-0.25, -0.2) is 13.6 Å². The number of esters is 1. The lowest BCUT2D eigenvalue weighted by Crippen LogP contribution is -2.41. The molecule has 3 rings (SSSR count). The minimum atomic E-state index is -2.59. The lowest BCUT2D eigenvalue weighted by molar-refractivity contribution is -0.124. The molecule has 0 spiro atoms. The first-order chi connectivity index (χ1) is 13.9. The van der Waals surface area contributed by atoms with Crippen LogP contribution in [-0.2, 0) is 11.2 Å². The molecule has 1 aromatic rings. The molecule has 160 valence electrons. The molecule has 2 saturated carbocycles. The molecular formula is C25H34F2O2. The summed E-state index contributed by atoms with van der Waals surface area (Å²) in [4.78, 5) is 12.4. The third-order valence-electron chi connectivity index (χ3n) is 6.68. The van der Waals surface area contributed by atoms with Crippen molar-refractivity contribution in [3.05, 3.63) is 47.5 Å². The van der Waals surface area contributed by atoms with Crippen molar-refractivity contribution in [2.75, 3.05) is 0 Å². The van der Waals surface area contributed by atoms with E-state index in [1.807, 2.05) is 43.3 Å². The number of hydrogen-bond donors (Lipinski definition) is 0. The molecule has 2 unspecified atom stereocenters. The zero-order valence-corrected chi connectivity index (χ0v) is 17.7. The molecule has 2 fully saturated rings. The number of carbonyl (C=O) groups excluding carboxylic acids is 1. The lowest BCUT2D eigenvalue weighted by Gasteiger charge is -2.42. The van der Waals surface area contributed by atoms with Crippen molar-refractivity contribution in [1.82, 2.24) is 0 Å². The number of allylic oxidation sites excluding steroid dienone is 2. The fourth-order valence-electron chi connectivity index (χ4n) is 5.15. The van der Waals surface area contributed by atoms with Gasteiger partial charge >= 0.3 is 5.97 Å². The quantitative estimate of drug-likeness (QED) is 0.377. The van der Waals surface area contributed by atoms with Crippen molar-refractivity contribution < 1.29 is 18.3 Å². The van der Waals surface area contributed by atoms with Crippen LogP contribution in [0.4, 0.5) is 8.78 Å². The molecule has 2 aliphatic carbocycles. The van der Waals surface area contributed by atoms with Gasteiger partial charge in [0.2, 0.25) is 0 Å². The average molecular weight is 405 g/mol. The van der Waals surface area contributed by atoms with Crippen LogP contribution in [0.3, 0.4) is 0 Å². The Balaban J connectivity index is 1.49. The summed E-state index contributed by atoms with van der Waals surface area (Å²) in [5, 5.41) is 0. The van der Waals surface area contributed by atoms with E-state index in [0.717, 1.165) is 32.1 Å². The maximum Gasteiger partial charge on any atom is 0.338 e. The number of halogens is 2. The van der Waals surface area contributed by atoms with Crippen molar-refractivity contribution in [1.29, 1.82) is 0 Å². The van der Waals surface area contributed by atoms with E-state index >= 15 is 0 Å². The summed E-state index contributed by atoms with van der Waals surface area (Å²) in [6.45, 7) is 4.02. The van der Waals surface area contributed by atoms with Crippen LogP contribution >= 0.6 is 0 Å². The van der Waals surface area contributed by atoms with Gasteiger partial charge in [0.25, 0.3) is 5.92 Å². The predicted octanol–water partition coefficient (Wildman–Crippen LogP) is 6.98. The van der Waals surface area contributed by atoms with Crippen LogP contribution < -0.4 is 0 Å². The van der Waals surface area contributed by atoms with Gasteiger partial charge in [0.1, 0.15) is 6.10 Å². The molecule has 2 nitrogen and oxygen atoms in total. The largest absolute Gasteiger partial charge is 0.459 e. The number of hydrogen-bond acceptors (Lipinski definition) is 2. The summed E-state index contributed by atoms with van der Waals surface area (Å²) in [5.41, 5.74) is 1.79. The van der Waals surface area contributed by atoms with Crippen LogP contribution in [0.1, 0.15) is 81.1 Å². The second-order valence-corrected chi connectivity index (χ2v) is 8.82. The summed E-state index contributed by atoms with van der Waals surface area (Å²) in [6.07, 6.45) is 9.99. The molecular weight excluding hydrogens is 370 g/mol. The number of benzene rings is 1. The normalized spacial score (nSPS) is 29.7. The van der Waals surface area contributed by atoms with Crippen molar-refractivity contribution in [3.63, 3.8) is 0 Å². The molecule has 0 amide bonds. The molecule has 0 N–H and O–H groups in total. The van der Waals surface area contributed by atoms with Gasteiger partial charge in [0.15, 0.2) is 0 Å². The third kappa shape index (κ3) is 5.67. The standard InChI is InChI=1S/C25H34F2O2/c1-3-5-18-7-10-21(11-8-18)24(28)29-22-14-12-20(13-15-22)23-16-9-19(6-4-2)17-25(23,26)27/h4,6-8,10-11,19-20,22-23H,3,5,9,12-17H2,1-2H3/b6-4+. The van der Waals surface area contributed by atoms with Crippen LogP contribution in [0, 0.1) is 17.8 Å². The molecule has 0 heterocycles. The predicted molar refractivity (Wildman–Crippen MR) is 112 cm³/mol. The van der Waals surface area contributed by atoms with Crippen LogP contribution in [0.5, 0.6) is 0 Å². The first kappa shape index (κ1) is 22.0. The third-order valence-corrected chi connectivity index (χ3v) is 6.68. The van der Waals surface area contributed by atoms with Crippen molar-refractivity contribution in [2.24, 2.45) is 17.8 Å². The minimum absolute atomic E-state index is 0.00672. The molecule has 2 atom stereocenters. The zero-order valence-electron chi connectivity index (χ0n) is 17.7. The van der Waals surface area contributed by atoms with Crippen LogP contribution in [0.2, 0.25) is 0 Å². The molecule has 2 aliphatic rings. The number of rotatable bonds is 6. The van der Waals surface area contributed by atoms with Gasteiger partial charge in [-0.15, -0.1) is 0 Å². The second-order valence-electron chi connectivity index (χ2n) is 8.82. The Labute approximate surface area is 173 Å². The van der Waals surface area contributed by atoms with Crippen molar-refractivity contribution in [3.8, 4) is 0 Å². The van der Waals surface area contributed by atoms with E-state index in [4.69, 9.17) is 4.74 Å². The smallest absolute Gasteiger partial charge is 0.338 e. The van der Waals surface area contributed by atoms with Crippen LogP contribution in [0.25, 0.3) is 0 Å². The monoisotopic (exact) mass is 404 g/mol. The van der Waals surface area contributed by atoms with E-state index in [1.54, 1.807) is 0 Å². The zero-order chi connectivity index (χ0) is 20.9. The molecule has 4 heteroatoms. The summed E-state index contributed by atoms with van der Waals surface area (Å²) < 4.78 is 35.1. The second kappa shape index (κ2) is 9.86. The summed E-state index contributed by atoms with van der Waals surface area (Å²) in [5.74, 6) is -3.36. The Kier molecular flexibility index (Phi) is 7.48. The highest BCUT2D eigenvalue weighted by molar-refractivity contribution is 5.89. The topological polar surface area (TPSA) is 26.3 Å². The Hall–Kier alpha value is -1.71. The highest BCUT2D eigenvalue weighted by Crippen LogP contribution is 2.49. The Morgan fingerprint density at radius 2 is 1.79 bits per heavy atom. The summed E-state index contributed by atoms with van der Waals surface area (Å²) >= 11 is 0. The molecule has 1 aromatic carbocycles. The fourth-order valence-corrected chi connectivity index (χ4v) is 5.15. The van der Waals surface area contributed by atoms with Gasteiger partial charge in [-0.3, -0.25) is 0 Å². The molecule has 0 saturated heterocycles. The van der Waals surface area contributed by atoms with Crippen molar-refractivity contribution >= 4 is 5.97 Å². The number of alkyl halides is 2. The van der Waals surface area contributed by atoms with Crippen LogP contribution in [-0.4, -0.2) is 18.0 Å². The van der Waals surface area contributed by atoms with Gasteiger partial charge in [-0.1, -0.05) is 37.6 Å². The SMILES string of the molecule is C/C=C/C1CCC(C2CCC(OC(=O)c3ccc(CCC)cc3)CC2)C(F)(F)C1. The van der Waals surface area contributed by atoms with Gasteiger partial charge < -0.3 is 4.74 Å². The summed E-state index contributed by atoms with van der Waals surface area (Å²) in [7, 11) is 0. The van der Waals surface area contributed by atoms with E-state index in [2.05, 4.69) is 6.92 Å². The molecule has 0 radical (unpaired) electrons. The number of ether oxygens (including phenoxy) is 1. The number of aryl methyl sites for hydroxylation is 1. The van der Waals surface area contributed by atoms with Crippen LogP contribution in [0.15, 0.2) is 36.4 Å². The van der Waals surface area contributed by atoms with E-state index in [-0.39, 0.29) is 30.3 Å². The molecule has 0 aromatic heterocycles. The van der Waals surface area contributed by atoms with Gasteiger partial charge in [-0.05, 0) is 81.4 Å². The van der Waals surface area contributed by atoms with Gasteiger partial charge in [0, 0.05) is 12.3 Å². The maximum absolute atomic E-state index is 14.7. The van der Waals surface area contributed by atoms with Gasteiger partial charge in [-0.2, -0.15) is 0 Å². The Bertz CT molecular complexity index is 687. The molecule has 0 bridgehead atoms. The number of carbonyl (C=O) groups is 1. The first-order valence-corrected chi connectivity index (χ1v) is 11.2. The average Bonchev–Trinajstić information content (AvgIpc) is 2.69. The van der Waals surface area contributed by atoms with Gasteiger partial charge in [0.05, 0.1) is 5.56 Å². The lowest BCUT2D eigenvalue weighted by atomic mass is 9.68. The van der Waals surface area contributed by atoms with E-state index in [1.165, 1.54) is 5.56 Å². The highest BCUT2D eigenvalue weighted by atomic mass is 19.3. The van der Waals surface area contributed by atoms with Crippen molar-refractivity contribution in [2.45, 2.75) is 83.7 Å². The highest BCUT2D eigenvalue weighted by Gasteiger charge is 2.48. The maximum atomic E-state index is 14.7. The first-order valence-electron chi connectivity index (χ1n) is 11.2. The van der Waals surface area contributed by atoms with E-state index in [0.29, 0.717) is 24.8 Å². The Morgan fingerprint density at radius 1 is 1.10 bits per heavy atom. The fraction of sp³-hybridized carbons (Fsp3) is 0.640.